The third-order valence-corrected chi connectivity index (χ3v) is 4.43. The zero-order valence-electron chi connectivity index (χ0n) is 11.1. The van der Waals surface area contributed by atoms with Crippen LogP contribution in [0.15, 0.2) is 24.3 Å². The van der Waals surface area contributed by atoms with E-state index < -0.39 is 5.97 Å². The lowest BCUT2D eigenvalue weighted by Gasteiger charge is -2.26. The number of carboxylic acids is 1. The van der Waals surface area contributed by atoms with E-state index in [1.165, 1.54) is 22.2 Å². The Hall–Kier alpha value is -1.77. The second-order valence-electron chi connectivity index (χ2n) is 5.60. The van der Waals surface area contributed by atoms with Crippen molar-refractivity contribution in [2.45, 2.75) is 38.5 Å². The fraction of sp³-hybridized carbons (Fsp3) is 0.438. The molecule has 1 heterocycles. The maximum Gasteiger partial charge on any atom is 0.306 e. The molecular formula is C16H19NO2. The molecule has 1 aromatic heterocycles. The average Bonchev–Trinajstić information content (AvgIpc) is 2.74. The number of para-hydroxylation sites is 1. The molecule has 3 nitrogen and oxygen atoms in total. The molecule has 0 bridgehead atoms. The number of carboxylic acid groups (broad SMARTS) is 1. The van der Waals surface area contributed by atoms with Crippen molar-refractivity contribution in [3.63, 3.8) is 0 Å². The number of hydrogen-bond donors (Lipinski definition) is 2. The zero-order valence-corrected chi connectivity index (χ0v) is 11.1. The van der Waals surface area contributed by atoms with Crippen molar-refractivity contribution < 1.29 is 9.90 Å². The van der Waals surface area contributed by atoms with Crippen LogP contribution >= 0.6 is 0 Å². The third-order valence-electron chi connectivity index (χ3n) is 4.43. The van der Waals surface area contributed by atoms with E-state index in [0.717, 1.165) is 25.7 Å². The van der Waals surface area contributed by atoms with Crippen LogP contribution in [0.4, 0.5) is 0 Å². The average molecular weight is 257 g/mol. The van der Waals surface area contributed by atoms with Crippen molar-refractivity contribution in [2.24, 2.45) is 5.92 Å². The van der Waals surface area contributed by atoms with Crippen molar-refractivity contribution in [3.8, 4) is 0 Å². The number of aromatic amines is 1. The Morgan fingerprint density at radius 2 is 1.89 bits per heavy atom. The number of rotatable bonds is 2. The standard InChI is InChI=1S/C16H19NO2/c1-10-15(13-4-2-3-5-14(13)17-10)11-6-8-12(9-7-11)16(18)19/h2-5,11-12,17H,6-9H2,1H3,(H,18,19). The lowest BCUT2D eigenvalue weighted by Crippen LogP contribution is -2.20. The molecule has 0 radical (unpaired) electrons. The van der Waals surface area contributed by atoms with Crippen LogP contribution in [0.25, 0.3) is 10.9 Å². The lowest BCUT2D eigenvalue weighted by molar-refractivity contribution is -0.142. The molecule has 1 aliphatic rings. The van der Waals surface area contributed by atoms with Gasteiger partial charge in [0.05, 0.1) is 5.92 Å². The Balaban J connectivity index is 1.89. The Morgan fingerprint density at radius 1 is 1.21 bits per heavy atom. The Labute approximate surface area is 112 Å². The molecule has 2 aromatic rings. The summed E-state index contributed by atoms with van der Waals surface area (Å²) in [6.07, 6.45) is 3.58. The number of benzene rings is 1. The molecule has 0 amide bonds. The molecule has 0 atom stereocenters. The van der Waals surface area contributed by atoms with Gasteiger partial charge in [-0.25, -0.2) is 0 Å². The van der Waals surface area contributed by atoms with Gasteiger partial charge in [0.1, 0.15) is 0 Å². The van der Waals surface area contributed by atoms with Crippen LogP contribution in [0.5, 0.6) is 0 Å². The molecule has 1 saturated carbocycles. The molecule has 0 aliphatic heterocycles. The van der Waals surface area contributed by atoms with Crippen molar-refractivity contribution in [1.29, 1.82) is 0 Å². The predicted molar refractivity (Wildman–Crippen MR) is 75.4 cm³/mol. The van der Waals surface area contributed by atoms with E-state index in [9.17, 15) is 4.79 Å². The van der Waals surface area contributed by atoms with Crippen molar-refractivity contribution in [1.82, 2.24) is 4.98 Å². The van der Waals surface area contributed by atoms with Gasteiger partial charge < -0.3 is 10.1 Å². The van der Waals surface area contributed by atoms with Gasteiger partial charge in [0.2, 0.25) is 0 Å². The van der Waals surface area contributed by atoms with E-state index in [4.69, 9.17) is 5.11 Å². The second kappa shape index (κ2) is 4.72. The van der Waals surface area contributed by atoms with Crippen molar-refractivity contribution in [3.05, 3.63) is 35.5 Å². The first-order chi connectivity index (χ1) is 9.16. The highest BCUT2D eigenvalue weighted by molar-refractivity contribution is 5.85. The molecule has 100 valence electrons. The third kappa shape index (κ3) is 2.14. The van der Waals surface area contributed by atoms with E-state index in [1.807, 2.05) is 6.07 Å². The van der Waals surface area contributed by atoms with Gasteiger partial charge in [-0.1, -0.05) is 18.2 Å². The molecule has 3 heteroatoms. The highest BCUT2D eigenvalue weighted by Gasteiger charge is 2.28. The number of aryl methyl sites for hydroxylation is 1. The summed E-state index contributed by atoms with van der Waals surface area (Å²) in [4.78, 5) is 14.5. The van der Waals surface area contributed by atoms with Crippen LogP contribution in [0.2, 0.25) is 0 Å². The summed E-state index contributed by atoms with van der Waals surface area (Å²) in [6.45, 7) is 2.12. The molecule has 2 N–H and O–H groups in total. The van der Waals surface area contributed by atoms with Crippen LogP contribution in [0.1, 0.15) is 42.9 Å². The lowest BCUT2D eigenvalue weighted by atomic mass is 9.78. The van der Waals surface area contributed by atoms with E-state index in [0.29, 0.717) is 5.92 Å². The number of nitrogens with one attached hydrogen (secondary N) is 1. The predicted octanol–water partition coefficient (Wildman–Crippen LogP) is 3.83. The van der Waals surface area contributed by atoms with Crippen LogP contribution in [-0.2, 0) is 4.79 Å². The summed E-state index contributed by atoms with van der Waals surface area (Å²) in [6, 6.07) is 8.39. The summed E-state index contributed by atoms with van der Waals surface area (Å²) < 4.78 is 0. The highest BCUT2D eigenvalue weighted by atomic mass is 16.4. The molecule has 1 aliphatic carbocycles. The van der Waals surface area contributed by atoms with Gasteiger partial charge in [-0.05, 0) is 50.2 Å². The minimum atomic E-state index is -0.630. The van der Waals surface area contributed by atoms with Gasteiger partial charge in [-0.2, -0.15) is 0 Å². The fourth-order valence-corrected chi connectivity index (χ4v) is 3.45. The Bertz CT molecular complexity index is 606. The van der Waals surface area contributed by atoms with Gasteiger partial charge in [-0.3, -0.25) is 4.79 Å². The summed E-state index contributed by atoms with van der Waals surface area (Å²) in [7, 11) is 0. The zero-order chi connectivity index (χ0) is 13.4. The summed E-state index contributed by atoms with van der Waals surface area (Å²) in [5.41, 5.74) is 3.83. The molecule has 0 spiro atoms. The number of hydrogen-bond acceptors (Lipinski definition) is 1. The van der Waals surface area contributed by atoms with E-state index in [1.54, 1.807) is 0 Å². The highest BCUT2D eigenvalue weighted by Crippen LogP contribution is 2.40. The number of aromatic nitrogens is 1. The summed E-state index contributed by atoms with van der Waals surface area (Å²) in [5, 5.41) is 10.4. The molecule has 19 heavy (non-hydrogen) atoms. The van der Waals surface area contributed by atoms with Gasteiger partial charge in [0.25, 0.3) is 0 Å². The summed E-state index contributed by atoms with van der Waals surface area (Å²) >= 11 is 0. The van der Waals surface area contributed by atoms with E-state index in [2.05, 4.69) is 30.1 Å². The molecule has 0 saturated heterocycles. The first-order valence-corrected chi connectivity index (χ1v) is 6.97. The second-order valence-corrected chi connectivity index (χ2v) is 5.60. The SMILES string of the molecule is Cc1[nH]c2ccccc2c1C1CCC(C(=O)O)CC1. The molecule has 1 aromatic carbocycles. The van der Waals surface area contributed by atoms with E-state index >= 15 is 0 Å². The first kappa shape index (κ1) is 12.3. The molecular weight excluding hydrogens is 238 g/mol. The van der Waals surface area contributed by atoms with Crippen LogP contribution in [0, 0.1) is 12.8 Å². The maximum absolute atomic E-state index is 11.0. The van der Waals surface area contributed by atoms with Crippen molar-refractivity contribution in [2.75, 3.05) is 0 Å². The van der Waals surface area contributed by atoms with E-state index in [-0.39, 0.29) is 5.92 Å². The van der Waals surface area contributed by atoms with Crippen LogP contribution in [0.3, 0.4) is 0 Å². The minimum absolute atomic E-state index is 0.137. The van der Waals surface area contributed by atoms with Crippen LogP contribution in [-0.4, -0.2) is 16.1 Å². The quantitative estimate of drug-likeness (QED) is 0.859. The molecule has 3 rings (SSSR count). The van der Waals surface area contributed by atoms with Gasteiger partial charge in [-0.15, -0.1) is 0 Å². The fourth-order valence-electron chi connectivity index (χ4n) is 3.45. The number of fused-ring (bicyclic) bond motifs is 1. The van der Waals surface area contributed by atoms with Gasteiger partial charge >= 0.3 is 5.97 Å². The Morgan fingerprint density at radius 3 is 2.58 bits per heavy atom. The van der Waals surface area contributed by atoms with Crippen molar-refractivity contribution >= 4 is 16.9 Å². The normalized spacial score (nSPS) is 23.6. The summed E-state index contributed by atoms with van der Waals surface area (Å²) in [5.74, 6) is -0.261. The van der Waals surface area contributed by atoms with Gasteiger partial charge in [0, 0.05) is 16.6 Å². The smallest absolute Gasteiger partial charge is 0.306 e. The topological polar surface area (TPSA) is 53.1 Å². The Kier molecular flexibility index (Phi) is 3.05. The monoisotopic (exact) mass is 257 g/mol. The van der Waals surface area contributed by atoms with Crippen LogP contribution < -0.4 is 0 Å². The molecule has 1 fully saturated rings. The number of H-pyrrole nitrogens is 1. The largest absolute Gasteiger partial charge is 0.481 e. The number of aliphatic carboxylic acids is 1. The minimum Gasteiger partial charge on any atom is -0.481 e. The van der Waals surface area contributed by atoms with Gasteiger partial charge in [0.15, 0.2) is 0 Å². The maximum atomic E-state index is 11.0. The number of carbonyl (C=O) groups is 1. The molecule has 0 unspecified atom stereocenters. The first-order valence-electron chi connectivity index (χ1n) is 6.97.